The molecule has 0 bridgehead atoms. The molecule has 23 heavy (non-hydrogen) atoms. The van der Waals surface area contributed by atoms with Gasteiger partial charge in [0.1, 0.15) is 0 Å². The van der Waals surface area contributed by atoms with Gasteiger partial charge >= 0.3 is 0 Å². The van der Waals surface area contributed by atoms with Crippen molar-refractivity contribution in [3.05, 3.63) is 91.1 Å². The topological polar surface area (TPSA) is 0 Å². The van der Waals surface area contributed by atoms with Crippen molar-refractivity contribution in [3.63, 3.8) is 0 Å². The van der Waals surface area contributed by atoms with E-state index in [0.717, 1.165) is 29.8 Å². The van der Waals surface area contributed by atoms with Crippen LogP contribution >= 0.6 is 34.5 Å². The first-order chi connectivity index (χ1) is 11.2. The summed E-state index contributed by atoms with van der Waals surface area (Å²) >= 11 is 14.4. The van der Waals surface area contributed by atoms with E-state index in [-0.39, 0.29) is 0 Å². The van der Waals surface area contributed by atoms with Crippen molar-refractivity contribution in [2.75, 3.05) is 0 Å². The summed E-state index contributed by atoms with van der Waals surface area (Å²) in [5.41, 5.74) is 5.53. The maximum Gasteiger partial charge on any atom is 0.0453 e. The Hall–Kier alpha value is -1.28. The quantitative estimate of drug-likeness (QED) is 0.488. The third kappa shape index (κ3) is 2.94. The Bertz CT molecular complexity index is 850. The van der Waals surface area contributed by atoms with Gasteiger partial charge in [0.15, 0.2) is 0 Å². The first-order valence-electron chi connectivity index (χ1n) is 7.80. The SMILES string of the molecule is Clc1ccc(CC2c3ccccc3CCc3sccc32)c(Cl)c1. The highest BCUT2D eigenvalue weighted by atomic mass is 35.5. The highest BCUT2D eigenvalue weighted by molar-refractivity contribution is 7.10. The van der Waals surface area contributed by atoms with Crippen molar-refractivity contribution in [2.24, 2.45) is 0 Å². The molecule has 0 fully saturated rings. The van der Waals surface area contributed by atoms with Gasteiger partial charge in [-0.1, -0.05) is 53.5 Å². The third-order valence-electron chi connectivity index (χ3n) is 4.65. The monoisotopic (exact) mass is 358 g/mol. The lowest BCUT2D eigenvalue weighted by molar-refractivity contribution is 0.803. The van der Waals surface area contributed by atoms with E-state index >= 15 is 0 Å². The number of hydrogen-bond acceptors (Lipinski definition) is 1. The average Bonchev–Trinajstić information content (AvgIpc) is 2.96. The molecule has 0 saturated heterocycles. The molecular weight excluding hydrogens is 343 g/mol. The number of benzene rings is 2. The molecule has 0 aliphatic heterocycles. The summed E-state index contributed by atoms with van der Waals surface area (Å²) in [6.45, 7) is 0. The molecular formula is C20H16Cl2S. The predicted octanol–water partition coefficient (Wildman–Crippen LogP) is 6.53. The van der Waals surface area contributed by atoms with E-state index in [9.17, 15) is 0 Å². The molecule has 4 rings (SSSR count). The number of fused-ring (bicyclic) bond motifs is 2. The van der Waals surface area contributed by atoms with Crippen molar-refractivity contribution >= 4 is 34.5 Å². The fourth-order valence-corrected chi connectivity index (χ4v) is 4.94. The van der Waals surface area contributed by atoms with E-state index in [1.165, 1.54) is 21.6 Å². The molecule has 3 heteroatoms. The van der Waals surface area contributed by atoms with Crippen molar-refractivity contribution in [1.29, 1.82) is 0 Å². The fraction of sp³-hybridized carbons (Fsp3) is 0.200. The third-order valence-corrected chi connectivity index (χ3v) is 6.23. The van der Waals surface area contributed by atoms with Gasteiger partial charge in [-0.15, -0.1) is 11.3 Å². The molecule has 1 heterocycles. The Morgan fingerprint density at radius 1 is 0.957 bits per heavy atom. The molecule has 0 radical (unpaired) electrons. The highest BCUT2D eigenvalue weighted by Crippen LogP contribution is 2.39. The van der Waals surface area contributed by atoms with Crippen molar-refractivity contribution in [2.45, 2.75) is 25.2 Å². The summed E-state index contributed by atoms with van der Waals surface area (Å²) in [6, 6.07) is 17.0. The summed E-state index contributed by atoms with van der Waals surface area (Å²) in [7, 11) is 0. The minimum absolute atomic E-state index is 0.369. The van der Waals surface area contributed by atoms with Crippen molar-refractivity contribution < 1.29 is 0 Å². The fourth-order valence-electron chi connectivity index (χ4n) is 3.51. The summed E-state index contributed by atoms with van der Waals surface area (Å²) in [4.78, 5) is 1.51. The first kappa shape index (κ1) is 15.3. The smallest absolute Gasteiger partial charge is 0.0453 e. The molecule has 0 saturated carbocycles. The first-order valence-corrected chi connectivity index (χ1v) is 9.44. The zero-order valence-electron chi connectivity index (χ0n) is 12.6. The zero-order valence-corrected chi connectivity index (χ0v) is 14.9. The van der Waals surface area contributed by atoms with Gasteiger partial charge in [-0.05, 0) is 65.1 Å². The molecule has 0 nitrogen and oxygen atoms in total. The lowest BCUT2D eigenvalue weighted by Crippen LogP contribution is -2.06. The van der Waals surface area contributed by atoms with Crippen LogP contribution in [0.4, 0.5) is 0 Å². The Morgan fingerprint density at radius 2 is 1.83 bits per heavy atom. The van der Waals surface area contributed by atoms with Crippen LogP contribution in [0, 0.1) is 0 Å². The van der Waals surface area contributed by atoms with Gasteiger partial charge < -0.3 is 0 Å². The zero-order chi connectivity index (χ0) is 15.8. The second-order valence-corrected chi connectivity index (χ2v) is 7.83. The molecule has 1 atom stereocenters. The van der Waals surface area contributed by atoms with Gasteiger partial charge in [-0.25, -0.2) is 0 Å². The normalized spacial score (nSPS) is 16.5. The van der Waals surface area contributed by atoms with Crippen LogP contribution in [0.2, 0.25) is 10.0 Å². The maximum absolute atomic E-state index is 6.44. The van der Waals surface area contributed by atoms with Gasteiger partial charge in [0.2, 0.25) is 0 Å². The van der Waals surface area contributed by atoms with Crippen LogP contribution in [-0.2, 0) is 19.3 Å². The van der Waals surface area contributed by atoms with Crippen LogP contribution < -0.4 is 0 Å². The van der Waals surface area contributed by atoms with Gasteiger partial charge in [-0.2, -0.15) is 0 Å². The van der Waals surface area contributed by atoms with Crippen LogP contribution in [0.1, 0.15) is 33.0 Å². The van der Waals surface area contributed by atoms with E-state index in [1.54, 1.807) is 0 Å². The minimum Gasteiger partial charge on any atom is -0.149 e. The number of rotatable bonds is 2. The number of halogens is 2. The second kappa shape index (κ2) is 6.32. The van der Waals surface area contributed by atoms with Gasteiger partial charge in [0.25, 0.3) is 0 Å². The van der Waals surface area contributed by atoms with Crippen LogP contribution in [0.5, 0.6) is 0 Å². The Morgan fingerprint density at radius 3 is 2.70 bits per heavy atom. The lowest BCUT2D eigenvalue weighted by Gasteiger charge is -2.19. The molecule has 0 N–H and O–H groups in total. The van der Waals surface area contributed by atoms with E-state index in [1.807, 2.05) is 23.5 Å². The molecule has 1 aromatic heterocycles. The van der Waals surface area contributed by atoms with Gasteiger partial charge in [-0.3, -0.25) is 0 Å². The Kier molecular flexibility index (Phi) is 4.19. The van der Waals surface area contributed by atoms with E-state index in [2.05, 4.69) is 41.8 Å². The Labute approximate surface area is 150 Å². The molecule has 3 aromatic rings. The minimum atomic E-state index is 0.369. The Balaban J connectivity index is 1.81. The van der Waals surface area contributed by atoms with Crippen LogP contribution in [0.3, 0.4) is 0 Å². The highest BCUT2D eigenvalue weighted by Gasteiger charge is 2.25. The average molecular weight is 359 g/mol. The molecule has 116 valence electrons. The van der Waals surface area contributed by atoms with Gasteiger partial charge in [0, 0.05) is 20.8 Å². The van der Waals surface area contributed by atoms with Crippen LogP contribution in [-0.4, -0.2) is 0 Å². The largest absolute Gasteiger partial charge is 0.149 e. The van der Waals surface area contributed by atoms with Crippen LogP contribution in [0.15, 0.2) is 53.9 Å². The molecule has 0 spiro atoms. The van der Waals surface area contributed by atoms with Gasteiger partial charge in [0.05, 0.1) is 0 Å². The molecule has 1 unspecified atom stereocenters. The summed E-state index contributed by atoms with van der Waals surface area (Å²) in [5, 5.41) is 3.67. The maximum atomic E-state index is 6.44. The standard InChI is InChI=1S/C20H16Cl2S/c21-15-7-5-14(19(22)12-15)11-18-16-4-2-1-3-13(16)6-8-20-17(18)9-10-23-20/h1-5,7,9-10,12,18H,6,8,11H2. The number of aryl methyl sites for hydroxylation is 2. The molecule has 1 aliphatic rings. The van der Waals surface area contributed by atoms with E-state index in [4.69, 9.17) is 23.2 Å². The predicted molar refractivity (Wildman–Crippen MR) is 100 cm³/mol. The van der Waals surface area contributed by atoms with E-state index < -0.39 is 0 Å². The summed E-state index contributed by atoms with van der Waals surface area (Å²) in [6.07, 6.45) is 3.17. The van der Waals surface area contributed by atoms with Crippen LogP contribution in [0.25, 0.3) is 0 Å². The van der Waals surface area contributed by atoms with E-state index in [0.29, 0.717) is 10.9 Å². The second-order valence-electron chi connectivity index (χ2n) is 5.99. The lowest BCUT2D eigenvalue weighted by atomic mass is 9.85. The molecule has 0 amide bonds. The summed E-state index contributed by atoms with van der Waals surface area (Å²) in [5.74, 6) is 0.369. The summed E-state index contributed by atoms with van der Waals surface area (Å²) < 4.78 is 0. The number of hydrogen-bond donors (Lipinski definition) is 0. The molecule has 2 aromatic carbocycles. The molecule has 1 aliphatic carbocycles. The van der Waals surface area contributed by atoms with Crippen molar-refractivity contribution in [3.8, 4) is 0 Å². The van der Waals surface area contributed by atoms with Crippen molar-refractivity contribution in [1.82, 2.24) is 0 Å². The number of thiophene rings is 1.